The molecular formula is C24H26IN3O2. The fraction of sp³-hybridized carbons (Fsp3) is 0.250. The summed E-state index contributed by atoms with van der Waals surface area (Å²) in [5.41, 5.74) is 4.97. The normalized spacial score (nSPS) is 12.4. The Morgan fingerprint density at radius 3 is 2.73 bits per heavy atom. The van der Waals surface area contributed by atoms with E-state index in [1.165, 1.54) is 0 Å². The molecule has 3 aromatic rings. The standard InChI is InChI=1S/C22H20IN3O2.C2H6/c1-4-27-15(3)17-6-5-7-20(14(17)2)28-21-9-11-25-22-18(21)12-19(26(22)23)16-8-10-24-13-16;1-2/h5-9,11-13H,3-4,10H2,1-2H3;1-2H3. The van der Waals surface area contributed by atoms with Gasteiger partial charge in [-0.3, -0.25) is 7.77 Å². The summed E-state index contributed by atoms with van der Waals surface area (Å²) >= 11 is 2.27. The summed E-state index contributed by atoms with van der Waals surface area (Å²) in [6.45, 7) is 13.3. The third kappa shape index (κ3) is 4.28. The highest BCUT2D eigenvalue weighted by Crippen LogP contribution is 2.36. The van der Waals surface area contributed by atoms with Crippen LogP contribution < -0.4 is 4.74 Å². The van der Waals surface area contributed by atoms with Crippen LogP contribution in [0.5, 0.6) is 11.5 Å². The van der Waals surface area contributed by atoms with Crippen molar-refractivity contribution in [1.82, 2.24) is 7.76 Å². The predicted molar refractivity (Wildman–Crippen MR) is 134 cm³/mol. The average molecular weight is 515 g/mol. The number of aromatic nitrogens is 2. The summed E-state index contributed by atoms with van der Waals surface area (Å²) in [6.07, 6.45) is 5.78. The number of hydrogen-bond acceptors (Lipinski definition) is 4. The van der Waals surface area contributed by atoms with Gasteiger partial charge in [0.2, 0.25) is 0 Å². The first-order valence-corrected chi connectivity index (χ1v) is 11.0. The molecule has 4 rings (SSSR count). The smallest absolute Gasteiger partial charge is 0.153 e. The van der Waals surface area contributed by atoms with Gasteiger partial charge in [-0.2, -0.15) is 0 Å². The lowest BCUT2D eigenvalue weighted by Crippen LogP contribution is -1.96. The first-order chi connectivity index (χ1) is 14.6. The minimum atomic E-state index is 0.583. The minimum Gasteiger partial charge on any atom is -0.494 e. The van der Waals surface area contributed by atoms with Crippen LogP contribution >= 0.6 is 22.9 Å². The van der Waals surface area contributed by atoms with E-state index in [4.69, 9.17) is 9.47 Å². The van der Waals surface area contributed by atoms with Gasteiger partial charge in [-0.05, 0) is 32.0 Å². The third-order valence-corrected chi connectivity index (χ3v) is 5.65. The molecule has 156 valence electrons. The van der Waals surface area contributed by atoms with Crippen LogP contribution in [-0.2, 0) is 4.74 Å². The molecule has 0 saturated carbocycles. The first-order valence-electron chi connectivity index (χ1n) is 10.1. The van der Waals surface area contributed by atoms with Crippen molar-refractivity contribution in [2.24, 2.45) is 4.99 Å². The van der Waals surface area contributed by atoms with Crippen LogP contribution in [0.2, 0.25) is 0 Å². The van der Waals surface area contributed by atoms with Crippen molar-refractivity contribution in [2.75, 3.05) is 13.2 Å². The molecule has 0 aliphatic carbocycles. The van der Waals surface area contributed by atoms with Gasteiger partial charge >= 0.3 is 0 Å². The van der Waals surface area contributed by atoms with Gasteiger partial charge in [-0.25, -0.2) is 4.98 Å². The second-order valence-corrected chi connectivity index (χ2v) is 7.36. The van der Waals surface area contributed by atoms with E-state index in [0.717, 1.165) is 51.5 Å². The molecule has 1 aliphatic rings. The molecule has 0 N–H and O–H groups in total. The van der Waals surface area contributed by atoms with Crippen LogP contribution in [0.1, 0.15) is 37.6 Å². The lowest BCUT2D eigenvalue weighted by Gasteiger charge is -2.14. The number of fused-ring (bicyclic) bond motifs is 1. The maximum absolute atomic E-state index is 6.32. The van der Waals surface area contributed by atoms with Crippen LogP contribution in [0, 0.1) is 6.92 Å². The zero-order chi connectivity index (χ0) is 21.7. The van der Waals surface area contributed by atoms with Crippen molar-refractivity contribution >= 4 is 51.4 Å². The van der Waals surface area contributed by atoms with Crippen molar-refractivity contribution in [1.29, 1.82) is 0 Å². The molecule has 0 spiro atoms. The van der Waals surface area contributed by atoms with E-state index in [9.17, 15) is 0 Å². The number of aliphatic imine (C=N–C) groups is 1. The Morgan fingerprint density at radius 2 is 2.03 bits per heavy atom. The molecule has 1 aromatic carbocycles. The van der Waals surface area contributed by atoms with E-state index < -0.39 is 0 Å². The molecule has 0 amide bonds. The van der Waals surface area contributed by atoms with Crippen molar-refractivity contribution in [3.8, 4) is 11.5 Å². The maximum Gasteiger partial charge on any atom is 0.153 e. The highest BCUT2D eigenvalue weighted by atomic mass is 127. The molecular weight excluding hydrogens is 489 g/mol. The van der Waals surface area contributed by atoms with Crippen molar-refractivity contribution in [3.05, 3.63) is 66.0 Å². The second kappa shape index (κ2) is 9.93. The quantitative estimate of drug-likeness (QED) is 0.267. The van der Waals surface area contributed by atoms with E-state index in [2.05, 4.69) is 51.6 Å². The second-order valence-electron chi connectivity index (χ2n) is 6.40. The van der Waals surface area contributed by atoms with Crippen LogP contribution in [0.25, 0.3) is 22.4 Å². The Hall–Kier alpha value is -2.61. The molecule has 0 fully saturated rings. The molecule has 0 radical (unpaired) electrons. The van der Waals surface area contributed by atoms with E-state index in [1.54, 1.807) is 6.20 Å². The van der Waals surface area contributed by atoms with Gasteiger partial charge < -0.3 is 9.47 Å². The Bertz CT molecular complexity index is 1130. The summed E-state index contributed by atoms with van der Waals surface area (Å²) in [6, 6.07) is 9.90. The average Bonchev–Trinajstić information content (AvgIpc) is 3.40. The van der Waals surface area contributed by atoms with Gasteiger partial charge in [-0.15, -0.1) is 0 Å². The lowest BCUT2D eigenvalue weighted by atomic mass is 10.1. The maximum atomic E-state index is 6.32. The Labute approximate surface area is 191 Å². The number of allylic oxidation sites excluding steroid dienone is 1. The van der Waals surface area contributed by atoms with E-state index in [1.807, 2.05) is 61.0 Å². The first kappa shape index (κ1) is 22.1. The van der Waals surface area contributed by atoms with Gasteiger partial charge in [-0.1, -0.05) is 38.6 Å². The Morgan fingerprint density at radius 1 is 1.23 bits per heavy atom. The number of nitrogens with zero attached hydrogens (tertiary/aromatic N) is 3. The van der Waals surface area contributed by atoms with Crippen LogP contribution in [0.3, 0.4) is 0 Å². The topological polar surface area (TPSA) is 48.6 Å². The number of pyridine rings is 1. The minimum absolute atomic E-state index is 0.583. The fourth-order valence-electron chi connectivity index (χ4n) is 3.25. The summed E-state index contributed by atoms with van der Waals surface area (Å²) in [5, 5.41) is 0.960. The zero-order valence-electron chi connectivity index (χ0n) is 17.8. The van der Waals surface area contributed by atoms with Crippen molar-refractivity contribution < 1.29 is 9.47 Å². The SMILES string of the molecule is C=C(OCC)c1cccc(Oc2ccnc3c2cc(C2=CCN=C2)n3I)c1C.CC. The molecule has 0 bridgehead atoms. The molecule has 3 heterocycles. The molecule has 0 saturated heterocycles. The van der Waals surface area contributed by atoms with Gasteiger partial charge in [0.05, 0.1) is 47.1 Å². The van der Waals surface area contributed by atoms with Gasteiger partial charge in [0.25, 0.3) is 0 Å². The van der Waals surface area contributed by atoms with Gasteiger partial charge in [0, 0.05) is 29.1 Å². The largest absolute Gasteiger partial charge is 0.494 e. The number of ether oxygens (including phenoxy) is 2. The van der Waals surface area contributed by atoms with E-state index >= 15 is 0 Å². The van der Waals surface area contributed by atoms with Crippen LogP contribution in [-0.4, -0.2) is 27.1 Å². The highest BCUT2D eigenvalue weighted by Gasteiger charge is 2.17. The number of benzene rings is 1. The summed E-state index contributed by atoms with van der Waals surface area (Å²) in [5.74, 6) is 2.19. The molecule has 5 nitrogen and oxygen atoms in total. The molecule has 6 heteroatoms. The van der Waals surface area contributed by atoms with Crippen molar-refractivity contribution in [3.63, 3.8) is 0 Å². The molecule has 0 unspecified atom stereocenters. The van der Waals surface area contributed by atoms with Gasteiger partial charge in [0.15, 0.2) is 5.65 Å². The zero-order valence-corrected chi connectivity index (χ0v) is 19.9. The number of rotatable bonds is 6. The predicted octanol–water partition coefficient (Wildman–Crippen LogP) is 6.84. The van der Waals surface area contributed by atoms with E-state index in [0.29, 0.717) is 12.4 Å². The summed E-state index contributed by atoms with van der Waals surface area (Å²) in [4.78, 5) is 8.83. The molecule has 30 heavy (non-hydrogen) atoms. The number of halogens is 1. The van der Waals surface area contributed by atoms with Crippen LogP contribution in [0.15, 0.2) is 54.2 Å². The summed E-state index contributed by atoms with van der Waals surface area (Å²) in [7, 11) is 0. The summed E-state index contributed by atoms with van der Waals surface area (Å²) < 4.78 is 13.9. The third-order valence-electron chi connectivity index (χ3n) is 4.67. The van der Waals surface area contributed by atoms with E-state index in [-0.39, 0.29) is 0 Å². The Kier molecular flexibility index (Phi) is 7.31. The molecule has 0 atom stereocenters. The molecule has 2 aromatic heterocycles. The lowest BCUT2D eigenvalue weighted by molar-refractivity contribution is 0.298. The Balaban J connectivity index is 0.00000124. The number of hydrogen-bond donors (Lipinski definition) is 0. The highest BCUT2D eigenvalue weighted by molar-refractivity contribution is 14.1. The fourth-order valence-corrected chi connectivity index (χ4v) is 4.06. The van der Waals surface area contributed by atoms with Gasteiger partial charge in [0.1, 0.15) is 17.3 Å². The molecule has 1 aliphatic heterocycles. The van der Waals surface area contributed by atoms with Crippen molar-refractivity contribution in [2.45, 2.75) is 27.7 Å². The monoisotopic (exact) mass is 515 g/mol. The van der Waals surface area contributed by atoms with Crippen LogP contribution in [0.4, 0.5) is 0 Å².